The molecule has 2 aromatic rings. The van der Waals surface area contributed by atoms with Gasteiger partial charge >= 0.3 is 6.09 Å². The molecule has 1 heterocycles. The number of aromatic nitrogens is 1. The first-order chi connectivity index (χ1) is 14.4. The van der Waals surface area contributed by atoms with Crippen molar-refractivity contribution in [3.8, 4) is 11.8 Å². The number of anilines is 1. The molecule has 31 heavy (non-hydrogen) atoms. The summed E-state index contributed by atoms with van der Waals surface area (Å²) >= 11 is 6.01. The Labute approximate surface area is 186 Å². The van der Waals surface area contributed by atoms with Crippen molar-refractivity contribution in [3.05, 3.63) is 52.4 Å². The van der Waals surface area contributed by atoms with Gasteiger partial charge < -0.3 is 20.1 Å². The van der Waals surface area contributed by atoms with Crippen LogP contribution in [-0.2, 0) is 10.3 Å². The number of hydrogen-bond acceptors (Lipinski definition) is 6. The van der Waals surface area contributed by atoms with E-state index < -0.39 is 29.1 Å². The van der Waals surface area contributed by atoms with Gasteiger partial charge in [0, 0.05) is 0 Å². The number of nitriles is 1. The second-order valence-electron chi connectivity index (χ2n) is 8.19. The Morgan fingerprint density at radius 2 is 1.87 bits per heavy atom. The quantitative estimate of drug-likeness (QED) is 0.604. The van der Waals surface area contributed by atoms with Crippen LogP contribution in [0, 0.1) is 17.1 Å². The van der Waals surface area contributed by atoms with Crippen LogP contribution in [0.15, 0.2) is 30.3 Å². The standard InChI is InChI=1S/C22H26ClFN4O3/c1-13(26-20(29)31-21(2,3)4)22(5,15-7-9-16(30-6)10-8-15)28-19-17(24)11-14(12-25)18(23)27-19/h7-11,13H,1-6H3,(H,26,29)(H,27,28)/t13-,22?/m0/s1. The Bertz CT molecular complexity index is 986. The molecule has 7 nitrogen and oxygen atoms in total. The molecule has 1 aromatic heterocycles. The number of carbonyl (C=O) groups excluding carboxylic acids is 1. The summed E-state index contributed by atoms with van der Waals surface area (Å²) in [6.07, 6.45) is -0.618. The second-order valence-corrected chi connectivity index (χ2v) is 8.55. The number of rotatable bonds is 6. The molecule has 9 heteroatoms. The molecule has 2 rings (SSSR count). The van der Waals surface area contributed by atoms with E-state index in [-0.39, 0.29) is 16.5 Å². The maximum absolute atomic E-state index is 14.7. The fraction of sp³-hybridized carbons (Fsp3) is 0.409. The van der Waals surface area contributed by atoms with Crippen LogP contribution < -0.4 is 15.4 Å². The third-order valence-corrected chi connectivity index (χ3v) is 5.01. The largest absolute Gasteiger partial charge is 0.497 e. The summed E-state index contributed by atoms with van der Waals surface area (Å²) in [7, 11) is 1.55. The summed E-state index contributed by atoms with van der Waals surface area (Å²) in [5, 5.41) is 14.7. The van der Waals surface area contributed by atoms with Gasteiger partial charge in [0.15, 0.2) is 11.6 Å². The molecule has 0 fully saturated rings. The summed E-state index contributed by atoms with van der Waals surface area (Å²) in [5.74, 6) is -0.255. The van der Waals surface area contributed by atoms with E-state index in [1.54, 1.807) is 72.1 Å². The number of benzene rings is 1. The smallest absolute Gasteiger partial charge is 0.407 e. The van der Waals surface area contributed by atoms with Crippen LogP contribution in [0.2, 0.25) is 5.15 Å². The highest BCUT2D eigenvalue weighted by Gasteiger charge is 2.36. The van der Waals surface area contributed by atoms with Gasteiger partial charge in [-0.25, -0.2) is 14.2 Å². The van der Waals surface area contributed by atoms with Crippen LogP contribution >= 0.6 is 11.6 Å². The third kappa shape index (κ3) is 5.98. The van der Waals surface area contributed by atoms with E-state index in [0.29, 0.717) is 5.75 Å². The molecule has 0 aliphatic carbocycles. The monoisotopic (exact) mass is 448 g/mol. The number of nitrogens with one attached hydrogen (secondary N) is 2. The van der Waals surface area contributed by atoms with Crippen molar-refractivity contribution in [1.29, 1.82) is 5.26 Å². The van der Waals surface area contributed by atoms with E-state index in [9.17, 15) is 9.18 Å². The first kappa shape index (κ1) is 24.2. The van der Waals surface area contributed by atoms with E-state index >= 15 is 0 Å². The van der Waals surface area contributed by atoms with Crippen molar-refractivity contribution in [2.75, 3.05) is 12.4 Å². The van der Waals surface area contributed by atoms with Crippen LogP contribution in [0.3, 0.4) is 0 Å². The zero-order chi connectivity index (χ0) is 23.4. The Balaban J connectivity index is 2.46. The van der Waals surface area contributed by atoms with Gasteiger partial charge in [-0.3, -0.25) is 0 Å². The predicted octanol–water partition coefficient (Wildman–Crippen LogP) is 4.99. The van der Waals surface area contributed by atoms with Gasteiger partial charge in [0.2, 0.25) is 0 Å². The van der Waals surface area contributed by atoms with Crippen molar-refractivity contribution in [1.82, 2.24) is 10.3 Å². The minimum atomic E-state index is -1.03. The van der Waals surface area contributed by atoms with Gasteiger partial charge in [0.1, 0.15) is 22.6 Å². The molecular weight excluding hydrogens is 423 g/mol. The summed E-state index contributed by atoms with van der Waals surface area (Å²) < 4.78 is 25.2. The lowest BCUT2D eigenvalue weighted by Gasteiger charge is -2.38. The molecule has 0 bridgehead atoms. The molecule has 0 saturated carbocycles. The minimum absolute atomic E-state index is 0.0733. The van der Waals surface area contributed by atoms with Crippen molar-refractivity contribution in [3.63, 3.8) is 0 Å². The lowest BCUT2D eigenvalue weighted by Crippen LogP contribution is -2.52. The van der Waals surface area contributed by atoms with Crippen LogP contribution in [0.5, 0.6) is 5.75 Å². The average Bonchev–Trinajstić information content (AvgIpc) is 2.68. The Morgan fingerprint density at radius 1 is 1.26 bits per heavy atom. The van der Waals surface area contributed by atoms with E-state index in [2.05, 4.69) is 15.6 Å². The summed E-state index contributed by atoms with van der Waals surface area (Å²) in [4.78, 5) is 16.4. The number of ether oxygens (including phenoxy) is 2. The molecule has 0 aliphatic heterocycles. The number of methoxy groups -OCH3 is 1. The molecule has 166 valence electrons. The number of pyridine rings is 1. The molecule has 2 N–H and O–H groups in total. The molecule has 0 spiro atoms. The summed E-state index contributed by atoms with van der Waals surface area (Å²) in [6.45, 7) is 8.82. The van der Waals surface area contributed by atoms with Crippen molar-refractivity contribution in [2.45, 2.75) is 51.8 Å². The van der Waals surface area contributed by atoms with E-state index in [1.807, 2.05) is 0 Å². The van der Waals surface area contributed by atoms with E-state index in [0.717, 1.165) is 11.6 Å². The maximum Gasteiger partial charge on any atom is 0.407 e. The van der Waals surface area contributed by atoms with Crippen molar-refractivity contribution >= 4 is 23.5 Å². The fourth-order valence-corrected chi connectivity index (χ4v) is 3.06. The zero-order valence-corrected chi connectivity index (χ0v) is 19.1. The molecule has 0 radical (unpaired) electrons. The van der Waals surface area contributed by atoms with Crippen molar-refractivity contribution < 1.29 is 18.7 Å². The highest BCUT2D eigenvalue weighted by molar-refractivity contribution is 6.30. The van der Waals surface area contributed by atoms with Gasteiger partial charge in [0.05, 0.1) is 24.3 Å². The number of alkyl carbamates (subject to hydrolysis) is 1. The highest BCUT2D eigenvalue weighted by atomic mass is 35.5. The molecular formula is C22H26ClFN4O3. The van der Waals surface area contributed by atoms with Crippen LogP contribution in [0.4, 0.5) is 15.0 Å². The average molecular weight is 449 g/mol. The van der Waals surface area contributed by atoms with Crippen LogP contribution in [0.1, 0.15) is 45.7 Å². The highest BCUT2D eigenvalue weighted by Crippen LogP contribution is 2.32. The predicted molar refractivity (Wildman–Crippen MR) is 117 cm³/mol. The molecule has 1 amide bonds. The Kier molecular flexibility index (Phi) is 7.34. The Morgan fingerprint density at radius 3 is 2.39 bits per heavy atom. The first-order valence-electron chi connectivity index (χ1n) is 9.58. The molecule has 0 saturated heterocycles. The molecule has 0 aliphatic rings. The van der Waals surface area contributed by atoms with E-state index in [4.69, 9.17) is 26.3 Å². The summed E-state index contributed by atoms with van der Waals surface area (Å²) in [5.41, 5.74) is -1.06. The topological polar surface area (TPSA) is 96.3 Å². The lowest BCUT2D eigenvalue weighted by atomic mass is 9.85. The summed E-state index contributed by atoms with van der Waals surface area (Å²) in [6, 6.07) is 9.32. The molecule has 1 unspecified atom stereocenters. The number of carbonyl (C=O) groups is 1. The fourth-order valence-electron chi connectivity index (χ4n) is 2.87. The normalized spacial score (nSPS) is 14.0. The molecule has 1 aromatic carbocycles. The zero-order valence-electron chi connectivity index (χ0n) is 18.3. The minimum Gasteiger partial charge on any atom is -0.497 e. The SMILES string of the molecule is COc1ccc(C(C)(Nc2nc(Cl)c(C#N)cc2F)[C@H](C)NC(=O)OC(C)(C)C)cc1. The second kappa shape index (κ2) is 9.40. The van der Waals surface area contributed by atoms with Crippen molar-refractivity contribution in [2.24, 2.45) is 0 Å². The Hall–Kier alpha value is -3.05. The number of nitrogens with zero attached hydrogens (tertiary/aromatic N) is 2. The number of amides is 1. The van der Waals surface area contributed by atoms with Gasteiger partial charge in [-0.1, -0.05) is 23.7 Å². The van der Waals surface area contributed by atoms with E-state index in [1.165, 1.54) is 0 Å². The van der Waals surface area contributed by atoms with Gasteiger partial charge in [-0.05, 0) is 58.4 Å². The van der Waals surface area contributed by atoms with Gasteiger partial charge in [0.25, 0.3) is 0 Å². The first-order valence-corrected chi connectivity index (χ1v) is 9.95. The number of hydrogen-bond donors (Lipinski definition) is 2. The van der Waals surface area contributed by atoms with Crippen LogP contribution in [0.25, 0.3) is 0 Å². The van der Waals surface area contributed by atoms with Gasteiger partial charge in [-0.15, -0.1) is 0 Å². The number of halogens is 2. The lowest BCUT2D eigenvalue weighted by molar-refractivity contribution is 0.0490. The van der Waals surface area contributed by atoms with Gasteiger partial charge in [-0.2, -0.15) is 5.26 Å². The maximum atomic E-state index is 14.7. The third-order valence-electron chi connectivity index (χ3n) is 4.72. The van der Waals surface area contributed by atoms with Crippen LogP contribution in [-0.4, -0.2) is 29.8 Å². The molecule has 2 atom stereocenters.